The van der Waals surface area contributed by atoms with Gasteiger partial charge in [-0.25, -0.2) is 0 Å². The maximum atomic E-state index is 6.09. The van der Waals surface area contributed by atoms with Crippen molar-refractivity contribution < 1.29 is 9.47 Å². The van der Waals surface area contributed by atoms with Gasteiger partial charge in [-0.3, -0.25) is 0 Å². The molecule has 2 nitrogen and oxygen atoms in total. The Morgan fingerprint density at radius 2 is 1.59 bits per heavy atom. The zero-order chi connectivity index (χ0) is 16.8. The Labute approximate surface area is 137 Å². The van der Waals surface area contributed by atoms with Crippen molar-refractivity contribution in [2.75, 3.05) is 6.61 Å². The van der Waals surface area contributed by atoms with Crippen molar-refractivity contribution in [3.8, 4) is 5.75 Å². The number of rotatable bonds is 8. The number of hydrogen-bond acceptors (Lipinski definition) is 2. The summed E-state index contributed by atoms with van der Waals surface area (Å²) < 4.78 is 12.0. The van der Waals surface area contributed by atoms with Crippen LogP contribution in [0.4, 0.5) is 0 Å². The first-order chi connectivity index (χ1) is 10.2. The third-order valence-electron chi connectivity index (χ3n) is 3.72. The lowest BCUT2D eigenvalue weighted by atomic mass is 9.92. The predicted molar refractivity (Wildman–Crippen MR) is 94.4 cm³/mol. The monoisotopic (exact) mass is 306 g/mol. The van der Waals surface area contributed by atoms with E-state index in [0.29, 0.717) is 11.8 Å². The maximum Gasteiger partial charge on any atom is 0.200 e. The van der Waals surface area contributed by atoms with E-state index in [0.717, 1.165) is 25.2 Å². The average Bonchev–Trinajstić information content (AvgIpc) is 2.43. The highest BCUT2D eigenvalue weighted by atomic mass is 16.7. The summed E-state index contributed by atoms with van der Waals surface area (Å²) in [6.45, 7) is 16.2. The van der Waals surface area contributed by atoms with E-state index in [1.165, 1.54) is 5.56 Å². The topological polar surface area (TPSA) is 18.5 Å². The highest BCUT2D eigenvalue weighted by Crippen LogP contribution is 2.26. The van der Waals surface area contributed by atoms with Crippen LogP contribution < -0.4 is 4.74 Å². The van der Waals surface area contributed by atoms with Gasteiger partial charge in [-0.05, 0) is 41.4 Å². The molecule has 0 saturated carbocycles. The Bertz CT molecular complexity index is 414. The molecule has 0 N–H and O–H groups in total. The average molecular weight is 306 g/mol. The third-order valence-corrected chi connectivity index (χ3v) is 3.72. The van der Waals surface area contributed by atoms with Crippen molar-refractivity contribution in [1.82, 2.24) is 0 Å². The molecule has 0 aliphatic rings. The smallest absolute Gasteiger partial charge is 0.200 e. The molecule has 1 aromatic rings. The summed E-state index contributed by atoms with van der Waals surface area (Å²) in [6.07, 6.45) is 1.86. The second-order valence-electron chi connectivity index (χ2n) is 7.92. The van der Waals surface area contributed by atoms with E-state index >= 15 is 0 Å². The molecule has 0 aliphatic carbocycles. The van der Waals surface area contributed by atoms with Crippen molar-refractivity contribution in [3.63, 3.8) is 0 Å². The molecular weight excluding hydrogens is 272 g/mol. The van der Waals surface area contributed by atoms with E-state index in [-0.39, 0.29) is 11.7 Å². The lowest BCUT2D eigenvalue weighted by Gasteiger charge is -2.27. The van der Waals surface area contributed by atoms with Crippen molar-refractivity contribution in [1.29, 1.82) is 0 Å². The van der Waals surface area contributed by atoms with E-state index in [1.54, 1.807) is 0 Å². The maximum absolute atomic E-state index is 6.09. The molecule has 0 aromatic heterocycles. The summed E-state index contributed by atoms with van der Waals surface area (Å²) in [5.74, 6) is 2.00. The van der Waals surface area contributed by atoms with E-state index in [2.05, 4.69) is 72.7 Å². The number of ether oxygens (including phenoxy) is 2. The highest BCUT2D eigenvalue weighted by molar-refractivity contribution is 5.29. The quantitative estimate of drug-likeness (QED) is 0.547. The van der Waals surface area contributed by atoms with Crippen LogP contribution in [0, 0.1) is 11.3 Å². The molecule has 0 aliphatic heterocycles. The van der Waals surface area contributed by atoms with E-state index in [1.807, 2.05) is 0 Å². The molecule has 0 saturated heterocycles. The lowest BCUT2D eigenvalue weighted by Crippen LogP contribution is -2.28. The molecule has 2 unspecified atom stereocenters. The van der Waals surface area contributed by atoms with Gasteiger partial charge in [0.2, 0.25) is 0 Å². The van der Waals surface area contributed by atoms with E-state index < -0.39 is 0 Å². The molecule has 1 aromatic carbocycles. The zero-order valence-electron chi connectivity index (χ0n) is 15.5. The fourth-order valence-electron chi connectivity index (χ4n) is 2.20. The van der Waals surface area contributed by atoms with Crippen molar-refractivity contribution in [3.05, 3.63) is 29.8 Å². The molecule has 126 valence electrons. The molecule has 2 heteroatoms. The minimum absolute atomic E-state index is 0.179. The standard InChI is InChI=1S/C20H34O2/c1-8-16(4)17-9-11-18(12-10-17)22-19(13-20(5,6)7)21-14-15(2)3/h9-12,15-16,19H,8,13-14H2,1-7H3. The van der Waals surface area contributed by atoms with Gasteiger partial charge in [-0.2, -0.15) is 0 Å². The summed E-state index contributed by atoms with van der Waals surface area (Å²) in [6, 6.07) is 8.46. The first kappa shape index (κ1) is 19.0. The normalized spacial score (nSPS) is 14.9. The fraction of sp³-hybridized carbons (Fsp3) is 0.700. The van der Waals surface area contributed by atoms with Gasteiger partial charge in [-0.15, -0.1) is 0 Å². The first-order valence-electron chi connectivity index (χ1n) is 8.59. The van der Waals surface area contributed by atoms with Crippen LogP contribution in [0.5, 0.6) is 5.75 Å². The molecule has 0 spiro atoms. The second-order valence-corrected chi connectivity index (χ2v) is 7.92. The Morgan fingerprint density at radius 3 is 2.05 bits per heavy atom. The SMILES string of the molecule is CCC(C)c1ccc(OC(CC(C)(C)C)OCC(C)C)cc1. The zero-order valence-corrected chi connectivity index (χ0v) is 15.5. The van der Waals surface area contributed by atoms with Crippen molar-refractivity contribution in [2.45, 2.75) is 73.5 Å². The van der Waals surface area contributed by atoms with E-state index in [4.69, 9.17) is 9.47 Å². The molecule has 0 fully saturated rings. The predicted octanol–water partition coefficient (Wildman–Crippen LogP) is 6.01. The first-order valence-corrected chi connectivity index (χ1v) is 8.59. The van der Waals surface area contributed by atoms with Crippen LogP contribution in [0.2, 0.25) is 0 Å². The molecule has 0 amide bonds. The van der Waals surface area contributed by atoms with Crippen LogP contribution in [0.15, 0.2) is 24.3 Å². The molecule has 0 heterocycles. The highest BCUT2D eigenvalue weighted by Gasteiger charge is 2.21. The van der Waals surface area contributed by atoms with Crippen molar-refractivity contribution >= 4 is 0 Å². The van der Waals surface area contributed by atoms with Crippen molar-refractivity contribution in [2.24, 2.45) is 11.3 Å². The van der Waals surface area contributed by atoms with Crippen LogP contribution >= 0.6 is 0 Å². The van der Waals surface area contributed by atoms with Crippen LogP contribution in [-0.4, -0.2) is 12.9 Å². The molecule has 22 heavy (non-hydrogen) atoms. The summed E-state index contributed by atoms with van der Waals surface area (Å²) >= 11 is 0. The molecular formula is C20H34O2. The van der Waals surface area contributed by atoms with Gasteiger partial charge in [0.05, 0.1) is 6.61 Å². The van der Waals surface area contributed by atoms with E-state index in [9.17, 15) is 0 Å². The molecule has 0 radical (unpaired) electrons. The Morgan fingerprint density at radius 1 is 1.00 bits per heavy atom. The molecule has 0 bridgehead atoms. The van der Waals surface area contributed by atoms with Gasteiger partial charge in [0.25, 0.3) is 0 Å². The minimum atomic E-state index is -0.183. The lowest BCUT2D eigenvalue weighted by molar-refractivity contribution is -0.107. The fourth-order valence-corrected chi connectivity index (χ4v) is 2.20. The summed E-state index contributed by atoms with van der Waals surface area (Å²) in [5.41, 5.74) is 1.54. The molecule has 1 rings (SSSR count). The Hall–Kier alpha value is -1.02. The summed E-state index contributed by atoms with van der Waals surface area (Å²) in [7, 11) is 0. The van der Waals surface area contributed by atoms with Gasteiger partial charge in [-0.1, -0.05) is 60.6 Å². The summed E-state index contributed by atoms with van der Waals surface area (Å²) in [4.78, 5) is 0. The largest absolute Gasteiger partial charge is 0.465 e. The summed E-state index contributed by atoms with van der Waals surface area (Å²) in [5, 5.41) is 0. The molecule has 2 atom stereocenters. The Balaban J connectivity index is 2.71. The number of benzene rings is 1. The van der Waals surface area contributed by atoms with Gasteiger partial charge >= 0.3 is 0 Å². The second kappa shape index (κ2) is 8.57. The minimum Gasteiger partial charge on any atom is -0.465 e. The van der Waals surface area contributed by atoms with Gasteiger partial charge < -0.3 is 9.47 Å². The van der Waals surface area contributed by atoms with Crippen LogP contribution in [0.3, 0.4) is 0 Å². The van der Waals surface area contributed by atoms with Crippen LogP contribution in [0.1, 0.15) is 72.8 Å². The van der Waals surface area contributed by atoms with Crippen LogP contribution in [0.25, 0.3) is 0 Å². The van der Waals surface area contributed by atoms with Gasteiger partial charge in [0, 0.05) is 6.42 Å². The van der Waals surface area contributed by atoms with Gasteiger partial charge in [0.1, 0.15) is 5.75 Å². The van der Waals surface area contributed by atoms with Crippen LogP contribution in [-0.2, 0) is 4.74 Å². The van der Waals surface area contributed by atoms with Gasteiger partial charge in [0.15, 0.2) is 6.29 Å². The third kappa shape index (κ3) is 7.31. The Kier molecular flexibility index (Phi) is 7.41. The number of hydrogen-bond donors (Lipinski definition) is 0.